The molecule has 0 radical (unpaired) electrons. The summed E-state index contributed by atoms with van der Waals surface area (Å²) in [5, 5.41) is 0.0815. The summed E-state index contributed by atoms with van der Waals surface area (Å²) in [5.41, 5.74) is 8.28. The molecular formula is C35H46INO2Si. The molecule has 0 unspecified atom stereocenters. The maximum atomic E-state index is 6.85. The van der Waals surface area contributed by atoms with Gasteiger partial charge >= 0.3 is 0 Å². The predicted octanol–water partition coefficient (Wildman–Crippen LogP) is 10.9. The molecule has 0 amide bonds. The van der Waals surface area contributed by atoms with Gasteiger partial charge in [-0.15, -0.1) is 0 Å². The van der Waals surface area contributed by atoms with Crippen molar-refractivity contribution in [2.24, 2.45) is 0 Å². The second-order valence-corrected chi connectivity index (χ2v) is 19.5. The van der Waals surface area contributed by atoms with Gasteiger partial charge in [0.25, 0.3) is 8.32 Å². The van der Waals surface area contributed by atoms with Gasteiger partial charge in [0.2, 0.25) is 0 Å². The fourth-order valence-corrected chi connectivity index (χ4v) is 5.23. The minimum Gasteiger partial charge on any atom is -0.541 e. The molecule has 0 aliphatic carbocycles. The van der Waals surface area contributed by atoms with Crippen molar-refractivity contribution in [2.75, 3.05) is 0 Å². The van der Waals surface area contributed by atoms with Gasteiger partial charge in [-0.1, -0.05) is 99.7 Å². The highest BCUT2D eigenvalue weighted by Gasteiger charge is 2.39. The molecule has 0 aliphatic rings. The topological polar surface area (TPSA) is 23.4 Å². The molecule has 0 N–H and O–H groups in total. The molecule has 214 valence electrons. The van der Waals surface area contributed by atoms with Gasteiger partial charge in [-0.05, 0) is 97.6 Å². The van der Waals surface area contributed by atoms with Crippen molar-refractivity contribution in [2.45, 2.75) is 84.1 Å². The maximum absolute atomic E-state index is 6.85. The number of rotatable bonds is 7. The molecule has 1 aromatic heterocycles. The summed E-state index contributed by atoms with van der Waals surface area (Å²) in [5.74, 6) is 1.63. The van der Waals surface area contributed by atoms with Gasteiger partial charge in [-0.2, -0.15) is 0 Å². The molecule has 0 atom stereocenters. The molecule has 3 nitrogen and oxygen atoms in total. The SMILES string of the molecule is CC(C)I.Cc1cc(OCc2ccccc2)c(O[Si](C)(C)C(C)(C)C)cc1-c1cccc(-n2c(C)ccc2C)c1. The molecule has 4 rings (SSSR count). The molecule has 5 heteroatoms. The number of aryl methyl sites for hydroxylation is 3. The molecular weight excluding hydrogens is 621 g/mol. The van der Waals surface area contributed by atoms with E-state index in [0.29, 0.717) is 6.61 Å². The molecule has 0 saturated heterocycles. The average molecular weight is 668 g/mol. The van der Waals surface area contributed by atoms with Crippen molar-refractivity contribution < 1.29 is 9.16 Å². The third kappa shape index (κ3) is 8.26. The highest BCUT2D eigenvalue weighted by Crippen LogP contribution is 2.43. The van der Waals surface area contributed by atoms with E-state index >= 15 is 0 Å². The third-order valence-electron chi connectivity index (χ3n) is 7.39. The normalized spacial score (nSPS) is 11.7. The van der Waals surface area contributed by atoms with Gasteiger partial charge < -0.3 is 13.7 Å². The van der Waals surface area contributed by atoms with Crippen molar-refractivity contribution in [3.05, 3.63) is 101 Å². The van der Waals surface area contributed by atoms with Crippen molar-refractivity contribution in [3.63, 3.8) is 0 Å². The van der Waals surface area contributed by atoms with Crippen LogP contribution in [0.15, 0.2) is 78.9 Å². The van der Waals surface area contributed by atoms with E-state index in [1.807, 2.05) is 18.2 Å². The summed E-state index contributed by atoms with van der Waals surface area (Å²) in [6.07, 6.45) is 0. The van der Waals surface area contributed by atoms with E-state index in [9.17, 15) is 0 Å². The summed E-state index contributed by atoms with van der Waals surface area (Å²) < 4.78 is 16.3. The van der Waals surface area contributed by atoms with Crippen LogP contribution in [0.3, 0.4) is 0 Å². The highest BCUT2D eigenvalue weighted by atomic mass is 127. The number of nitrogens with zero attached hydrogens (tertiary/aromatic N) is 1. The number of alkyl halides is 1. The van der Waals surface area contributed by atoms with Gasteiger partial charge in [0.05, 0.1) is 0 Å². The first-order valence-electron chi connectivity index (χ1n) is 14.1. The van der Waals surface area contributed by atoms with E-state index < -0.39 is 8.32 Å². The van der Waals surface area contributed by atoms with Crippen molar-refractivity contribution >= 4 is 30.9 Å². The van der Waals surface area contributed by atoms with Crippen LogP contribution in [0.1, 0.15) is 57.1 Å². The van der Waals surface area contributed by atoms with Gasteiger partial charge in [-0.3, -0.25) is 0 Å². The van der Waals surface area contributed by atoms with Crippen molar-refractivity contribution in [3.8, 4) is 28.3 Å². The minimum absolute atomic E-state index is 0.0815. The lowest BCUT2D eigenvalue weighted by atomic mass is 9.99. The lowest BCUT2D eigenvalue weighted by Crippen LogP contribution is -2.44. The molecule has 0 bridgehead atoms. The molecule has 40 heavy (non-hydrogen) atoms. The van der Waals surface area contributed by atoms with E-state index in [0.717, 1.165) is 21.0 Å². The van der Waals surface area contributed by atoms with Crippen LogP contribution in [0.2, 0.25) is 18.1 Å². The summed E-state index contributed by atoms with van der Waals surface area (Å²) in [6, 6.07) is 27.7. The van der Waals surface area contributed by atoms with E-state index in [1.54, 1.807) is 0 Å². The number of benzene rings is 3. The van der Waals surface area contributed by atoms with Crippen molar-refractivity contribution in [1.29, 1.82) is 0 Å². The van der Waals surface area contributed by atoms with Gasteiger partial charge in [0.15, 0.2) is 5.75 Å². The van der Waals surface area contributed by atoms with E-state index in [-0.39, 0.29) is 5.04 Å². The summed E-state index contributed by atoms with van der Waals surface area (Å²) in [4.78, 5) is 0. The summed E-state index contributed by atoms with van der Waals surface area (Å²) in [7, 11) is -2.08. The largest absolute Gasteiger partial charge is 0.541 e. The third-order valence-corrected chi connectivity index (χ3v) is 11.7. The second-order valence-electron chi connectivity index (χ2n) is 12.3. The number of ether oxygens (including phenoxy) is 1. The van der Waals surface area contributed by atoms with E-state index in [2.05, 4.69) is 156 Å². The first-order chi connectivity index (χ1) is 18.7. The first-order valence-corrected chi connectivity index (χ1v) is 18.2. The Hall–Kier alpha value is -2.51. The Morgan fingerprint density at radius 3 is 1.98 bits per heavy atom. The Kier molecular flexibility index (Phi) is 10.7. The first kappa shape index (κ1) is 32.0. The predicted molar refractivity (Wildman–Crippen MR) is 183 cm³/mol. The van der Waals surface area contributed by atoms with Gasteiger partial charge in [0, 0.05) is 21.0 Å². The number of hydrogen-bond acceptors (Lipinski definition) is 2. The molecule has 1 heterocycles. The van der Waals surface area contributed by atoms with Crippen LogP contribution in [0.25, 0.3) is 16.8 Å². The van der Waals surface area contributed by atoms with Crippen LogP contribution >= 0.6 is 22.6 Å². The Bertz CT molecular complexity index is 1380. The van der Waals surface area contributed by atoms with Crippen LogP contribution in [-0.4, -0.2) is 16.8 Å². The fourth-order valence-electron chi connectivity index (χ4n) is 4.22. The number of aromatic nitrogens is 1. The van der Waals surface area contributed by atoms with Gasteiger partial charge in [-0.25, -0.2) is 0 Å². The fraction of sp³-hybridized carbons (Fsp3) is 0.371. The Balaban J connectivity index is 0.00000103. The van der Waals surface area contributed by atoms with Crippen LogP contribution < -0.4 is 9.16 Å². The monoisotopic (exact) mass is 667 g/mol. The zero-order valence-electron chi connectivity index (χ0n) is 25.9. The minimum atomic E-state index is -2.08. The van der Waals surface area contributed by atoms with Crippen LogP contribution in [0.4, 0.5) is 0 Å². The molecule has 3 aromatic carbocycles. The van der Waals surface area contributed by atoms with Crippen LogP contribution in [0, 0.1) is 20.8 Å². The smallest absolute Gasteiger partial charge is 0.250 e. The number of hydrogen-bond donors (Lipinski definition) is 0. The lowest BCUT2D eigenvalue weighted by Gasteiger charge is -2.37. The zero-order chi connectivity index (χ0) is 29.7. The van der Waals surface area contributed by atoms with Crippen molar-refractivity contribution in [1.82, 2.24) is 4.57 Å². The Morgan fingerprint density at radius 1 is 0.800 bits per heavy atom. The summed E-state index contributed by atoms with van der Waals surface area (Å²) in [6.45, 7) is 22.6. The Morgan fingerprint density at radius 2 is 1.40 bits per heavy atom. The Labute approximate surface area is 257 Å². The van der Waals surface area contributed by atoms with Gasteiger partial charge in [0.1, 0.15) is 12.4 Å². The summed E-state index contributed by atoms with van der Waals surface area (Å²) >= 11 is 2.34. The molecule has 4 aromatic rings. The second kappa shape index (κ2) is 13.4. The van der Waals surface area contributed by atoms with Crippen LogP contribution in [0.5, 0.6) is 11.5 Å². The molecule has 0 aliphatic heterocycles. The maximum Gasteiger partial charge on any atom is 0.250 e. The molecule has 0 fully saturated rings. The zero-order valence-corrected chi connectivity index (χ0v) is 29.1. The highest BCUT2D eigenvalue weighted by molar-refractivity contribution is 14.1. The van der Waals surface area contributed by atoms with E-state index in [4.69, 9.17) is 9.16 Å². The average Bonchev–Trinajstić information content (AvgIpc) is 3.21. The van der Waals surface area contributed by atoms with E-state index in [1.165, 1.54) is 33.8 Å². The molecule has 0 saturated carbocycles. The van der Waals surface area contributed by atoms with Crippen LogP contribution in [-0.2, 0) is 6.61 Å². The molecule has 0 spiro atoms. The number of halogens is 1. The standard InChI is InChI=1S/C32H39NO2Si.C3H7I/c1-23-19-30(34-22-26-13-10-9-11-14-26)31(35-36(7,8)32(4,5)6)21-29(23)27-15-12-16-28(20-27)33-24(2)17-18-25(33)3;1-3(2)4/h9-21H,22H2,1-8H3;3H,1-2H3. The quantitative estimate of drug-likeness (QED) is 0.111. The lowest BCUT2D eigenvalue weighted by molar-refractivity contribution is 0.294.